The predicted molar refractivity (Wildman–Crippen MR) is 577 cm³/mol. The van der Waals surface area contributed by atoms with Gasteiger partial charge in [-0.15, -0.1) is 0 Å². The first-order valence-corrected chi connectivity index (χ1v) is 69.4. The van der Waals surface area contributed by atoms with Crippen molar-refractivity contribution in [2.75, 3.05) is 0 Å². The molecule has 0 unspecified atom stereocenters. The van der Waals surface area contributed by atoms with Crippen molar-refractivity contribution < 1.29 is 45.0 Å². The van der Waals surface area contributed by atoms with Crippen molar-refractivity contribution in [1.29, 1.82) is 0 Å². The van der Waals surface area contributed by atoms with E-state index in [0.29, 0.717) is 80.8 Å². The molecular formula is C107H85B2Cl3F3I5N13O4-. The van der Waals surface area contributed by atoms with Gasteiger partial charge < -0.3 is 18.6 Å². The van der Waals surface area contributed by atoms with Crippen LogP contribution in [0.2, 0.25) is 15.3 Å². The maximum absolute atomic E-state index is 15.6. The maximum atomic E-state index is 15.6. The summed E-state index contributed by atoms with van der Waals surface area (Å²) >= 11 is 26.3. The summed E-state index contributed by atoms with van der Waals surface area (Å²) in [5, 5.41) is 1.09. The molecule has 20 rings (SSSR count). The van der Waals surface area contributed by atoms with Gasteiger partial charge in [-0.25, -0.2) is 68.0 Å². The number of rotatable bonds is 16. The molecule has 18 aromatic rings. The van der Waals surface area contributed by atoms with Crippen LogP contribution < -0.4 is 24.4 Å². The summed E-state index contributed by atoms with van der Waals surface area (Å²) < 4.78 is 67.6. The normalized spacial score (nSPS) is 13.6. The molecule has 137 heavy (non-hydrogen) atoms. The van der Waals surface area contributed by atoms with Crippen LogP contribution in [0, 0.1) is 17.5 Å². The molecule has 5 aromatic heterocycles. The predicted octanol–water partition coefficient (Wildman–Crippen LogP) is 25.8. The van der Waals surface area contributed by atoms with Gasteiger partial charge in [-0.1, -0.05) is 327 Å². The fourth-order valence-electron chi connectivity index (χ4n) is 13.9. The topological polar surface area (TPSA) is 204 Å². The molecule has 0 saturated carbocycles. The van der Waals surface area contributed by atoms with Crippen molar-refractivity contribution in [3.8, 4) is 148 Å². The van der Waals surface area contributed by atoms with E-state index in [0.717, 1.165) is 78.4 Å². The van der Waals surface area contributed by atoms with E-state index >= 15 is 4.39 Å². The molecule has 7 heterocycles. The second kappa shape index (κ2) is 46.9. The zero-order chi connectivity index (χ0) is 96.2. The molecule has 0 aliphatic carbocycles. The third kappa shape index (κ3) is 26.5. The minimum absolute atomic E-state index is 0.202. The van der Waals surface area contributed by atoms with Crippen LogP contribution in [-0.2, 0) is 18.6 Å². The molecule has 17 nitrogen and oxygen atoms in total. The van der Waals surface area contributed by atoms with Gasteiger partial charge in [-0.2, -0.15) is 9.97 Å². The van der Waals surface area contributed by atoms with E-state index in [9.17, 15) is 8.78 Å². The molecular weight excluding hydrogens is 2350 g/mol. The van der Waals surface area contributed by atoms with Gasteiger partial charge in [0, 0.05) is 76.7 Å². The average molecular weight is 2440 g/mol. The zero-order valence-corrected chi connectivity index (χ0v) is 88.0. The van der Waals surface area contributed by atoms with Crippen LogP contribution in [-0.4, -0.2) is 101 Å². The minimum atomic E-state index is -0.710. The van der Waals surface area contributed by atoms with Crippen molar-refractivity contribution >= 4 is 124 Å². The molecule has 0 spiro atoms. The van der Waals surface area contributed by atoms with Crippen LogP contribution >= 0.6 is 98.5 Å². The molecule has 13 aromatic carbocycles. The van der Waals surface area contributed by atoms with E-state index in [1.165, 1.54) is 36.4 Å². The monoisotopic (exact) mass is 2430 g/mol. The Morgan fingerprint density at radius 2 is 0.489 bits per heavy atom. The summed E-state index contributed by atoms with van der Waals surface area (Å²) in [5.74, 6) is 2.75. The number of hydrogen-bond donors (Lipinski definition) is 0. The average Bonchev–Trinajstić information content (AvgIpc) is 1.65. The summed E-state index contributed by atoms with van der Waals surface area (Å²) in [6, 6.07) is 115. The molecule has 0 amide bonds. The molecule has 2 saturated heterocycles. The van der Waals surface area contributed by atoms with Gasteiger partial charge in [0.05, 0.1) is 56.3 Å². The Labute approximate surface area is 852 Å². The Morgan fingerprint density at radius 3 is 0.788 bits per heavy atom. The first-order valence-electron chi connectivity index (χ1n) is 43.1. The summed E-state index contributed by atoms with van der Waals surface area (Å²) in [4.78, 5) is 59.9. The fraction of sp³-hybridized carbons (Fsp3) is 0.112. The van der Waals surface area contributed by atoms with Crippen molar-refractivity contribution in [2.24, 2.45) is 0 Å². The number of hydrogen-bond acceptors (Lipinski definition) is 17. The van der Waals surface area contributed by atoms with Crippen LogP contribution in [0.15, 0.2) is 370 Å². The van der Waals surface area contributed by atoms with Crippen molar-refractivity contribution in [3.63, 3.8) is 0 Å². The van der Waals surface area contributed by atoms with Crippen molar-refractivity contribution in [3.05, 3.63) is 403 Å². The molecule has 0 atom stereocenters. The van der Waals surface area contributed by atoms with E-state index in [4.69, 9.17) is 88.3 Å². The quantitative estimate of drug-likeness (QED) is 0.0651. The second-order valence-corrected chi connectivity index (χ2v) is 99.1. The van der Waals surface area contributed by atoms with Crippen LogP contribution in [0.3, 0.4) is 0 Å². The van der Waals surface area contributed by atoms with E-state index in [2.05, 4.69) is 85.8 Å². The van der Waals surface area contributed by atoms with Crippen LogP contribution in [0.5, 0.6) is 0 Å². The van der Waals surface area contributed by atoms with Gasteiger partial charge in [0.25, 0.3) is 0 Å². The zero-order valence-electron chi connectivity index (χ0n) is 75.0. The first kappa shape index (κ1) is 101. The molecule has 0 bridgehead atoms. The van der Waals surface area contributed by atoms with Gasteiger partial charge in [0.15, 0.2) is 58.1 Å². The molecule has 686 valence electrons. The van der Waals surface area contributed by atoms with Gasteiger partial charge in [0.2, 0.25) is 5.28 Å². The molecule has 0 radical (unpaired) electrons. The Morgan fingerprint density at radius 1 is 0.255 bits per heavy atom. The second-order valence-electron chi connectivity index (χ2n) is 32.9. The summed E-state index contributed by atoms with van der Waals surface area (Å²) in [7, 11) is -1.55. The third-order valence-electron chi connectivity index (χ3n) is 22.4. The Bertz CT molecular complexity index is 6800. The summed E-state index contributed by atoms with van der Waals surface area (Å²) in [6.45, 7) is 15.8. The Kier molecular flexibility index (Phi) is 34.5. The van der Waals surface area contributed by atoms with Gasteiger partial charge in [-0.05, 0) is 134 Å². The Hall–Kier alpha value is -10.7. The first-order chi connectivity index (χ1) is 66.1. The van der Waals surface area contributed by atoms with Crippen LogP contribution in [0.4, 0.5) is 13.2 Å². The van der Waals surface area contributed by atoms with Gasteiger partial charge in [-0.3, -0.25) is 0 Å². The van der Waals surface area contributed by atoms with Crippen molar-refractivity contribution in [2.45, 2.75) is 77.8 Å². The fourth-order valence-corrected chi connectivity index (χ4v) is 14.4. The van der Waals surface area contributed by atoms with Gasteiger partial charge in [0.1, 0.15) is 17.5 Å². The van der Waals surface area contributed by atoms with Gasteiger partial charge >= 0.3 is 91.2 Å². The van der Waals surface area contributed by atoms with Crippen LogP contribution in [0.25, 0.3) is 148 Å². The number of nitrogens with zero attached hydrogens (tertiary/aromatic N) is 13. The molecule has 2 fully saturated rings. The standard InChI is InChI=1S/C37H24FN5.C22H23BN2O2.C21H13ClFN3.C15H10ClN3.C12H15BClFO2.I5/c38-31-22-21-29(36-39-32(25-13-5-1-6-14-25)24-33(40-36)26-15-7-2-8-16-26)23-30(31)37-42-34(27-17-9-3-10-18-27)41-35(43-37)28-19-11-4-12-20-28;1-21(2)22(3,4)27-23(26-21)20-24-18(16-11-7-5-8-12-16)15-19(25-20)17-13-9-6-10-14-17;22-16-11-12-18(23)17(13-16)21-25-19(14-7-3-1-4-8-14)24-20(26-21)15-9-5-2-6-10-15;16-15-18-13(11-7-3-1-4-8-11)17-14(19-15)12-9-5-2-6-10-12;1-11(2)12(3,4)17-13(16-11)9-7-8(14)5-6-10(9)15;1-4-5(2)3/h1-24H;5-15H,1-4H3;1-13H;1-10H;5-7H,1-4H3;/q;;;;;-1. The SMILES string of the molecule is CC1(C)OB(c2cc(Cl)ccc2F)OC1(C)C.CC1(C)OB(c2nc(-c3ccccc3)cc(-c3ccccc3)n2)OC1(C)C.Clc1nc(-c2ccccc2)nc(-c2ccccc2)n1.Fc1ccc(-c2nc(-c3ccccc3)cc(-c3ccccc3)n2)cc1-c1nc(-c2ccccc2)nc(-c2ccccc2)n1.Fc1ccc(Cl)cc1-c1nc(-c2ccccc2)nc(-c2ccccc2)n1.I[I-]I(I)I. The number of halogens is 11. The molecule has 2 aliphatic rings. The third-order valence-corrected chi connectivity index (χ3v) is 106. The number of aromatic nitrogens is 13. The Balaban J connectivity index is 0.000000133. The van der Waals surface area contributed by atoms with Crippen molar-refractivity contribution in [1.82, 2.24) is 64.8 Å². The molecule has 30 heteroatoms. The van der Waals surface area contributed by atoms with Crippen LogP contribution in [0.1, 0.15) is 55.4 Å². The number of benzene rings is 13. The molecule has 0 N–H and O–H groups in total. The molecule has 2 aliphatic heterocycles. The van der Waals surface area contributed by atoms with E-state index in [1.807, 2.05) is 371 Å². The van der Waals surface area contributed by atoms with E-state index < -0.39 is 48.3 Å². The van der Waals surface area contributed by atoms with E-state index in [-0.39, 0.29) is 41.8 Å². The summed E-state index contributed by atoms with van der Waals surface area (Å²) in [5.41, 5.74) is 12.6. The summed E-state index contributed by atoms with van der Waals surface area (Å²) in [6.07, 6.45) is 0. The van der Waals surface area contributed by atoms with E-state index in [1.54, 1.807) is 18.2 Å².